The van der Waals surface area contributed by atoms with Crippen molar-refractivity contribution < 1.29 is 4.42 Å². The molecule has 0 unspecified atom stereocenters. The van der Waals surface area contributed by atoms with Gasteiger partial charge < -0.3 is 9.32 Å². The van der Waals surface area contributed by atoms with Gasteiger partial charge in [0.1, 0.15) is 23.0 Å². The fourth-order valence-corrected chi connectivity index (χ4v) is 3.11. The lowest BCUT2D eigenvalue weighted by Gasteiger charge is -2.24. The van der Waals surface area contributed by atoms with E-state index in [9.17, 15) is 0 Å². The van der Waals surface area contributed by atoms with E-state index in [0.717, 1.165) is 47.5 Å². The summed E-state index contributed by atoms with van der Waals surface area (Å²) in [6, 6.07) is 5.74. The van der Waals surface area contributed by atoms with Gasteiger partial charge in [-0.25, -0.2) is 9.97 Å². The number of oxazole rings is 1. The maximum atomic E-state index is 5.86. The molecule has 0 bridgehead atoms. The number of hydrogen-bond acceptors (Lipinski definition) is 6. The zero-order valence-corrected chi connectivity index (χ0v) is 12.4. The van der Waals surface area contributed by atoms with E-state index in [1.54, 1.807) is 17.5 Å². The minimum absolute atomic E-state index is 0.608. The minimum Gasteiger partial charge on any atom is -0.439 e. The number of thiazole rings is 1. The molecule has 0 aromatic carbocycles. The van der Waals surface area contributed by atoms with E-state index in [1.807, 2.05) is 25.1 Å². The van der Waals surface area contributed by atoms with Gasteiger partial charge in [-0.1, -0.05) is 6.07 Å². The Bertz CT molecular complexity index is 765. The summed E-state index contributed by atoms with van der Waals surface area (Å²) in [5.74, 6) is 2.61. The number of hydrogen-bond donors (Lipinski definition) is 0. The second-order valence-electron chi connectivity index (χ2n) is 5.00. The Kier molecular flexibility index (Phi) is 2.96. The number of aryl methyl sites for hydroxylation is 1. The first-order valence-electron chi connectivity index (χ1n) is 6.86. The van der Waals surface area contributed by atoms with Crippen LogP contribution in [0.5, 0.6) is 0 Å². The fourth-order valence-electron chi connectivity index (χ4n) is 2.49. The van der Waals surface area contributed by atoms with Crippen LogP contribution in [0.2, 0.25) is 0 Å². The molecule has 3 aromatic heterocycles. The lowest BCUT2D eigenvalue weighted by molar-refractivity contribution is 0.497. The second kappa shape index (κ2) is 4.96. The zero-order valence-electron chi connectivity index (χ0n) is 11.6. The third kappa shape index (κ3) is 2.31. The summed E-state index contributed by atoms with van der Waals surface area (Å²) >= 11 is 1.67. The molecule has 5 nitrogen and oxygen atoms in total. The summed E-state index contributed by atoms with van der Waals surface area (Å²) in [4.78, 5) is 15.7. The van der Waals surface area contributed by atoms with E-state index < -0.39 is 0 Å². The lowest BCUT2D eigenvalue weighted by atomic mass is 10.2. The smallest absolute Gasteiger partial charge is 0.245 e. The molecule has 1 aliphatic heterocycles. The summed E-state index contributed by atoms with van der Waals surface area (Å²) < 4.78 is 5.86. The van der Waals surface area contributed by atoms with E-state index in [4.69, 9.17) is 4.42 Å². The third-order valence-corrected chi connectivity index (χ3v) is 4.30. The summed E-state index contributed by atoms with van der Waals surface area (Å²) in [6.07, 6.45) is 2.61. The van der Waals surface area contributed by atoms with Crippen LogP contribution < -0.4 is 4.90 Å². The highest BCUT2D eigenvalue weighted by atomic mass is 32.1. The van der Waals surface area contributed by atoms with E-state index in [1.165, 1.54) is 0 Å². The van der Waals surface area contributed by atoms with Gasteiger partial charge in [-0.2, -0.15) is 0 Å². The largest absolute Gasteiger partial charge is 0.439 e. The Morgan fingerprint density at radius 1 is 1.29 bits per heavy atom. The molecule has 21 heavy (non-hydrogen) atoms. The highest BCUT2D eigenvalue weighted by Crippen LogP contribution is 2.28. The molecule has 1 aliphatic rings. The highest BCUT2D eigenvalue weighted by molar-refractivity contribution is 7.09. The summed E-state index contributed by atoms with van der Waals surface area (Å²) in [7, 11) is 0. The zero-order chi connectivity index (χ0) is 14.2. The number of fused-ring (bicyclic) bond motifs is 1. The van der Waals surface area contributed by atoms with Crippen molar-refractivity contribution in [1.82, 2.24) is 15.0 Å². The summed E-state index contributed by atoms with van der Waals surface area (Å²) in [5, 5.41) is 3.19. The SMILES string of the molecule is Cc1nc(N2CCc3oc(-c4ccccn4)nc3C2)cs1. The average molecular weight is 298 g/mol. The molecule has 4 rings (SSSR count). The maximum absolute atomic E-state index is 5.86. The average Bonchev–Trinajstić information content (AvgIpc) is 3.13. The van der Waals surface area contributed by atoms with Crippen LogP contribution in [-0.4, -0.2) is 21.5 Å². The molecule has 0 amide bonds. The Morgan fingerprint density at radius 3 is 3.00 bits per heavy atom. The monoisotopic (exact) mass is 298 g/mol. The number of pyridine rings is 1. The van der Waals surface area contributed by atoms with Crippen LogP contribution >= 0.6 is 11.3 Å². The first kappa shape index (κ1) is 12.5. The molecule has 3 aromatic rings. The molecular formula is C15H14N4OS. The predicted molar refractivity (Wildman–Crippen MR) is 81.3 cm³/mol. The van der Waals surface area contributed by atoms with Crippen molar-refractivity contribution in [1.29, 1.82) is 0 Å². The van der Waals surface area contributed by atoms with Crippen LogP contribution in [0, 0.1) is 6.92 Å². The number of nitrogens with zero attached hydrogens (tertiary/aromatic N) is 4. The first-order chi connectivity index (χ1) is 10.3. The lowest BCUT2D eigenvalue weighted by Crippen LogP contribution is -2.30. The van der Waals surface area contributed by atoms with E-state index in [0.29, 0.717) is 5.89 Å². The Morgan fingerprint density at radius 2 is 2.24 bits per heavy atom. The van der Waals surface area contributed by atoms with Gasteiger partial charge in [0.25, 0.3) is 0 Å². The Balaban J connectivity index is 1.63. The molecule has 0 atom stereocenters. The molecule has 0 saturated carbocycles. The van der Waals surface area contributed by atoms with Crippen LogP contribution in [-0.2, 0) is 13.0 Å². The Labute approximate surface area is 126 Å². The van der Waals surface area contributed by atoms with Crippen molar-refractivity contribution in [3.8, 4) is 11.6 Å². The summed E-state index contributed by atoms with van der Waals surface area (Å²) in [5.41, 5.74) is 1.77. The molecule has 0 fully saturated rings. The van der Waals surface area contributed by atoms with Gasteiger partial charge in [-0.15, -0.1) is 11.3 Å². The number of anilines is 1. The van der Waals surface area contributed by atoms with Gasteiger partial charge in [-0.3, -0.25) is 4.98 Å². The molecule has 106 valence electrons. The van der Waals surface area contributed by atoms with Crippen LogP contribution in [0.1, 0.15) is 16.5 Å². The maximum Gasteiger partial charge on any atom is 0.245 e. The molecular weight excluding hydrogens is 284 g/mol. The van der Waals surface area contributed by atoms with Crippen molar-refractivity contribution in [2.45, 2.75) is 19.9 Å². The van der Waals surface area contributed by atoms with Crippen LogP contribution in [0.3, 0.4) is 0 Å². The van der Waals surface area contributed by atoms with Crippen LogP contribution in [0.25, 0.3) is 11.6 Å². The van der Waals surface area contributed by atoms with Crippen LogP contribution in [0.15, 0.2) is 34.2 Å². The molecule has 0 N–H and O–H groups in total. The normalized spacial score (nSPS) is 14.2. The molecule has 0 spiro atoms. The topological polar surface area (TPSA) is 55.1 Å². The molecule has 4 heterocycles. The van der Waals surface area contributed by atoms with Gasteiger partial charge in [0.05, 0.1) is 11.6 Å². The van der Waals surface area contributed by atoms with Gasteiger partial charge in [-0.05, 0) is 19.1 Å². The van der Waals surface area contributed by atoms with Crippen molar-refractivity contribution in [3.63, 3.8) is 0 Å². The standard InChI is InChI=1S/C15H14N4OS/c1-10-17-14(9-21-10)19-7-5-13-12(8-19)18-15(20-13)11-4-2-3-6-16-11/h2-4,6,9H,5,7-8H2,1H3. The minimum atomic E-state index is 0.608. The number of aromatic nitrogens is 3. The molecule has 0 saturated heterocycles. The fraction of sp³-hybridized carbons (Fsp3) is 0.267. The van der Waals surface area contributed by atoms with E-state index >= 15 is 0 Å². The third-order valence-electron chi connectivity index (χ3n) is 3.54. The molecule has 0 radical (unpaired) electrons. The van der Waals surface area contributed by atoms with Crippen molar-refractivity contribution in [2.75, 3.05) is 11.4 Å². The molecule has 0 aliphatic carbocycles. The quantitative estimate of drug-likeness (QED) is 0.728. The number of rotatable bonds is 2. The Hall–Kier alpha value is -2.21. The van der Waals surface area contributed by atoms with Crippen molar-refractivity contribution >= 4 is 17.2 Å². The van der Waals surface area contributed by atoms with Crippen LogP contribution in [0.4, 0.5) is 5.82 Å². The second-order valence-corrected chi connectivity index (χ2v) is 6.06. The van der Waals surface area contributed by atoms with E-state index in [2.05, 4.69) is 25.2 Å². The van der Waals surface area contributed by atoms with Gasteiger partial charge in [0, 0.05) is 24.5 Å². The van der Waals surface area contributed by atoms with Gasteiger partial charge in [0.15, 0.2) is 0 Å². The summed E-state index contributed by atoms with van der Waals surface area (Å²) in [6.45, 7) is 3.68. The van der Waals surface area contributed by atoms with Crippen molar-refractivity contribution in [2.24, 2.45) is 0 Å². The van der Waals surface area contributed by atoms with Crippen molar-refractivity contribution in [3.05, 3.63) is 46.2 Å². The van der Waals surface area contributed by atoms with Gasteiger partial charge in [0.2, 0.25) is 5.89 Å². The highest BCUT2D eigenvalue weighted by Gasteiger charge is 2.24. The first-order valence-corrected chi connectivity index (χ1v) is 7.74. The van der Waals surface area contributed by atoms with E-state index in [-0.39, 0.29) is 0 Å². The molecule has 6 heteroatoms. The van der Waals surface area contributed by atoms with Gasteiger partial charge >= 0.3 is 0 Å². The predicted octanol–water partition coefficient (Wildman–Crippen LogP) is 3.06.